The predicted octanol–water partition coefficient (Wildman–Crippen LogP) is 2.21. The van der Waals surface area contributed by atoms with E-state index in [9.17, 15) is 14.4 Å². The third-order valence-corrected chi connectivity index (χ3v) is 6.54. The van der Waals surface area contributed by atoms with Crippen LogP contribution in [0.5, 0.6) is 5.75 Å². The molecular formula is C21H21N3O4. The number of fused-ring (bicyclic) bond motifs is 6. The van der Waals surface area contributed by atoms with Gasteiger partial charge in [0.25, 0.3) is 0 Å². The Hall–Kier alpha value is -2.96. The molecule has 1 aromatic heterocycles. The standard InChI is InChI=1S/C21H21N3O4/c1-28-15-7-6-14(19-13(15)3-2-8-22-19)23-16(25)10-24-20(26)17-11-4-5-12(9-11)18(17)21(24)27/h2-3,6-8,11-12,17-18H,4-5,9-10H2,1H3,(H,23,25). The van der Waals surface area contributed by atoms with Gasteiger partial charge in [-0.25, -0.2) is 0 Å². The van der Waals surface area contributed by atoms with Crippen molar-refractivity contribution < 1.29 is 19.1 Å². The second-order valence-electron chi connectivity index (χ2n) is 7.91. The second kappa shape index (κ2) is 6.29. The number of nitrogens with one attached hydrogen (secondary N) is 1. The molecule has 5 rings (SSSR count). The molecule has 3 aliphatic rings. The number of imide groups is 1. The Kier molecular flexibility index (Phi) is 3.86. The molecule has 1 N–H and O–H groups in total. The molecule has 28 heavy (non-hydrogen) atoms. The summed E-state index contributed by atoms with van der Waals surface area (Å²) in [6, 6.07) is 7.13. The molecule has 2 aromatic rings. The van der Waals surface area contributed by atoms with Crippen LogP contribution in [0.1, 0.15) is 19.3 Å². The molecule has 4 unspecified atom stereocenters. The quantitative estimate of drug-likeness (QED) is 0.823. The molecular weight excluding hydrogens is 358 g/mol. The van der Waals surface area contributed by atoms with Gasteiger partial charge in [0.15, 0.2) is 0 Å². The third kappa shape index (κ3) is 2.42. The molecule has 7 nitrogen and oxygen atoms in total. The number of aromatic nitrogens is 1. The number of nitrogens with zero attached hydrogens (tertiary/aromatic N) is 2. The van der Waals surface area contributed by atoms with E-state index in [0.29, 0.717) is 28.8 Å². The van der Waals surface area contributed by atoms with Crippen molar-refractivity contribution in [1.82, 2.24) is 9.88 Å². The Balaban J connectivity index is 1.36. The molecule has 0 spiro atoms. The van der Waals surface area contributed by atoms with E-state index < -0.39 is 5.91 Å². The zero-order chi connectivity index (χ0) is 19.4. The van der Waals surface area contributed by atoms with Gasteiger partial charge in [0.2, 0.25) is 17.7 Å². The van der Waals surface area contributed by atoms with E-state index in [1.165, 1.54) is 0 Å². The zero-order valence-electron chi connectivity index (χ0n) is 15.6. The maximum absolute atomic E-state index is 12.8. The SMILES string of the molecule is COc1ccc(NC(=O)CN2C(=O)C3C4CCC(C4)C3C2=O)c2ncccc12. The molecule has 7 heteroatoms. The highest BCUT2D eigenvalue weighted by molar-refractivity contribution is 6.10. The predicted molar refractivity (Wildman–Crippen MR) is 101 cm³/mol. The number of pyridine rings is 1. The first-order valence-corrected chi connectivity index (χ1v) is 9.65. The number of hydrogen-bond donors (Lipinski definition) is 1. The van der Waals surface area contributed by atoms with Crippen LogP contribution in [-0.4, -0.2) is 41.3 Å². The first-order chi connectivity index (χ1) is 13.6. The molecule has 1 saturated heterocycles. The fourth-order valence-corrected chi connectivity index (χ4v) is 5.39. The van der Waals surface area contributed by atoms with Gasteiger partial charge in [0, 0.05) is 11.6 Å². The Morgan fingerprint density at radius 3 is 2.57 bits per heavy atom. The number of amides is 3. The zero-order valence-corrected chi connectivity index (χ0v) is 15.6. The lowest BCUT2D eigenvalue weighted by Gasteiger charge is -2.19. The molecule has 144 valence electrons. The highest BCUT2D eigenvalue weighted by Crippen LogP contribution is 2.56. The summed E-state index contributed by atoms with van der Waals surface area (Å²) in [7, 11) is 1.58. The maximum atomic E-state index is 12.8. The summed E-state index contributed by atoms with van der Waals surface area (Å²) in [5.74, 6) is 0.138. The van der Waals surface area contributed by atoms with Crippen molar-refractivity contribution in [3.05, 3.63) is 30.5 Å². The van der Waals surface area contributed by atoms with E-state index in [4.69, 9.17) is 4.74 Å². The lowest BCUT2D eigenvalue weighted by atomic mass is 9.81. The summed E-state index contributed by atoms with van der Waals surface area (Å²) in [5, 5.41) is 3.58. The minimum Gasteiger partial charge on any atom is -0.496 e. The van der Waals surface area contributed by atoms with Crippen LogP contribution in [0.25, 0.3) is 10.9 Å². The first kappa shape index (κ1) is 17.2. The molecule has 2 aliphatic carbocycles. The molecule has 1 aliphatic heterocycles. The fourth-order valence-electron chi connectivity index (χ4n) is 5.39. The van der Waals surface area contributed by atoms with E-state index in [1.807, 2.05) is 6.07 Å². The third-order valence-electron chi connectivity index (χ3n) is 6.54. The molecule has 3 amide bonds. The number of likely N-dealkylation sites (tertiary alicyclic amines) is 1. The van der Waals surface area contributed by atoms with Crippen LogP contribution in [0.4, 0.5) is 5.69 Å². The van der Waals surface area contributed by atoms with Gasteiger partial charge in [-0.15, -0.1) is 0 Å². The van der Waals surface area contributed by atoms with Gasteiger partial charge in [-0.1, -0.05) is 0 Å². The van der Waals surface area contributed by atoms with Gasteiger partial charge < -0.3 is 10.1 Å². The number of rotatable bonds is 4. The average molecular weight is 379 g/mol. The summed E-state index contributed by atoms with van der Waals surface area (Å²) in [5.41, 5.74) is 1.13. The van der Waals surface area contributed by atoms with Crippen LogP contribution in [0, 0.1) is 23.7 Å². The number of anilines is 1. The Morgan fingerprint density at radius 1 is 1.18 bits per heavy atom. The minimum atomic E-state index is -0.397. The van der Waals surface area contributed by atoms with Gasteiger partial charge in [0.1, 0.15) is 12.3 Å². The Bertz CT molecular complexity index is 976. The number of methoxy groups -OCH3 is 1. The summed E-state index contributed by atoms with van der Waals surface area (Å²) in [4.78, 5) is 43.7. The van der Waals surface area contributed by atoms with Crippen LogP contribution >= 0.6 is 0 Å². The molecule has 2 bridgehead atoms. The van der Waals surface area contributed by atoms with Crippen molar-refractivity contribution in [2.45, 2.75) is 19.3 Å². The van der Waals surface area contributed by atoms with E-state index in [1.54, 1.807) is 31.5 Å². The molecule has 3 fully saturated rings. The maximum Gasteiger partial charge on any atom is 0.244 e. The van der Waals surface area contributed by atoms with E-state index in [0.717, 1.165) is 29.5 Å². The van der Waals surface area contributed by atoms with Crippen LogP contribution < -0.4 is 10.1 Å². The molecule has 1 aromatic carbocycles. The highest BCUT2D eigenvalue weighted by atomic mass is 16.5. The molecule has 4 atom stereocenters. The molecule has 2 saturated carbocycles. The first-order valence-electron chi connectivity index (χ1n) is 9.65. The Morgan fingerprint density at radius 2 is 1.89 bits per heavy atom. The van der Waals surface area contributed by atoms with Crippen molar-refractivity contribution in [1.29, 1.82) is 0 Å². The fraction of sp³-hybridized carbons (Fsp3) is 0.429. The number of carbonyl (C=O) groups excluding carboxylic acids is 3. The molecule has 0 radical (unpaired) electrons. The van der Waals surface area contributed by atoms with Gasteiger partial charge >= 0.3 is 0 Å². The average Bonchev–Trinajstić information content (AvgIpc) is 3.38. The van der Waals surface area contributed by atoms with Crippen molar-refractivity contribution in [3.63, 3.8) is 0 Å². The largest absolute Gasteiger partial charge is 0.496 e. The van der Waals surface area contributed by atoms with Gasteiger partial charge in [0.05, 0.1) is 30.1 Å². The number of ether oxygens (including phenoxy) is 1. The number of hydrogen-bond acceptors (Lipinski definition) is 5. The lowest BCUT2D eigenvalue weighted by Crippen LogP contribution is -2.39. The Labute approximate surface area is 162 Å². The summed E-state index contributed by atoms with van der Waals surface area (Å²) in [6.45, 7) is -0.246. The number of carbonyl (C=O) groups is 3. The van der Waals surface area contributed by atoms with Crippen molar-refractivity contribution in [3.8, 4) is 5.75 Å². The summed E-state index contributed by atoms with van der Waals surface area (Å²) in [6.07, 6.45) is 4.67. The monoisotopic (exact) mass is 379 g/mol. The highest BCUT2D eigenvalue weighted by Gasteiger charge is 2.60. The van der Waals surface area contributed by atoms with Crippen LogP contribution in [0.3, 0.4) is 0 Å². The molecule has 2 heterocycles. The van der Waals surface area contributed by atoms with Crippen molar-refractivity contribution >= 4 is 34.3 Å². The van der Waals surface area contributed by atoms with Crippen molar-refractivity contribution in [2.24, 2.45) is 23.7 Å². The summed E-state index contributed by atoms with van der Waals surface area (Å²) < 4.78 is 5.34. The minimum absolute atomic E-state index is 0.171. The second-order valence-corrected chi connectivity index (χ2v) is 7.91. The van der Waals surface area contributed by atoms with Gasteiger partial charge in [-0.2, -0.15) is 0 Å². The van der Waals surface area contributed by atoms with Crippen LogP contribution in [-0.2, 0) is 14.4 Å². The van der Waals surface area contributed by atoms with E-state index in [2.05, 4.69) is 10.3 Å². The van der Waals surface area contributed by atoms with Gasteiger partial charge in [-0.05, 0) is 55.4 Å². The van der Waals surface area contributed by atoms with E-state index >= 15 is 0 Å². The normalized spacial score (nSPS) is 28.1. The lowest BCUT2D eigenvalue weighted by molar-refractivity contribution is -0.143. The van der Waals surface area contributed by atoms with Crippen molar-refractivity contribution in [2.75, 3.05) is 19.0 Å². The number of benzene rings is 1. The van der Waals surface area contributed by atoms with Crippen LogP contribution in [0.15, 0.2) is 30.5 Å². The topological polar surface area (TPSA) is 88.6 Å². The van der Waals surface area contributed by atoms with E-state index in [-0.39, 0.29) is 30.2 Å². The summed E-state index contributed by atoms with van der Waals surface area (Å²) >= 11 is 0. The van der Waals surface area contributed by atoms with Crippen LogP contribution in [0.2, 0.25) is 0 Å². The smallest absolute Gasteiger partial charge is 0.244 e. The van der Waals surface area contributed by atoms with Gasteiger partial charge in [-0.3, -0.25) is 24.3 Å².